The highest BCUT2D eigenvalue weighted by atomic mass is 16.5. The Morgan fingerprint density at radius 3 is 2.82 bits per heavy atom. The van der Waals surface area contributed by atoms with Gasteiger partial charge in [0.25, 0.3) is 0 Å². The molecule has 1 aromatic rings. The van der Waals surface area contributed by atoms with Gasteiger partial charge in [-0.2, -0.15) is 0 Å². The van der Waals surface area contributed by atoms with Gasteiger partial charge >= 0.3 is 5.97 Å². The zero-order valence-electron chi connectivity index (χ0n) is 9.34. The Morgan fingerprint density at radius 1 is 1.47 bits per heavy atom. The van der Waals surface area contributed by atoms with Crippen LogP contribution in [0.25, 0.3) is 0 Å². The van der Waals surface area contributed by atoms with Crippen molar-refractivity contribution >= 4 is 11.9 Å². The molecule has 1 saturated heterocycles. The monoisotopic (exact) mass is 235 g/mol. The van der Waals surface area contributed by atoms with Crippen LogP contribution < -0.4 is 10.1 Å². The number of rotatable bonds is 3. The molecular weight excluding hydrogens is 222 g/mol. The van der Waals surface area contributed by atoms with E-state index in [1.807, 2.05) is 6.07 Å². The second-order valence-corrected chi connectivity index (χ2v) is 3.91. The summed E-state index contributed by atoms with van der Waals surface area (Å²) in [5.74, 6) is -2.34. The number of amides is 1. The topological polar surface area (TPSA) is 75.6 Å². The predicted molar refractivity (Wildman–Crippen MR) is 59.9 cm³/mol. The van der Waals surface area contributed by atoms with Crippen molar-refractivity contribution in [1.82, 2.24) is 5.32 Å². The van der Waals surface area contributed by atoms with Gasteiger partial charge in [-0.15, -0.1) is 0 Å². The zero-order valence-corrected chi connectivity index (χ0v) is 9.34. The van der Waals surface area contributed by atoms with E-state index in [-0.39, 0.29) is 5.92 Å². The van der Waals surface area contributed by atoms with E-state index in [1.54, 1.807) is 18.2 Å². The zero-order chi connectivity index (χ0) is 12.4. The van der Waals surface area contributed by atoms with Crippen molar-refractivity contribution < 1.29 is 19.4 Å². The first-order chi connectivity index (χ1) is 8.15. The number of methoxy groups -OCH3 is 1. The summed E-state index contributed by atoms with van der Waals surface area (Å²) in [5.41, 5.74) is 0.751. The fraction of sp³-hybridized carbons (Fsp3) is 0.333. The molecular formula is C12H13NO4. The van der Waals surface area contributed by atoms with Crippen LogP contribution in [-0.4, -0.2) is 30.6 Å². The van der Waals surface area contributed by atoms with Gasteiger partial charge in [-0.1, -0.05) is 18.2 Å². The van der Waals surface area contributed by atoms with Crippen molar-refractivity contribution in [1.29, 1.82) is 0 Å². The predicted octanol–water partition coefficient (Wildman–Crippen LogP) is 0.609. The second kappa shape index (κ2) is 4.45. The molecule has 2 N–H and O–H groups in total. The molecule has 1 aliphatic rings. The minimum atomic E-state index is -1.10. The third kappa shape index (κ3) is 1.95. The molecule has 1 amide bonds. The number of para-hydroxylation sites is 1. The van der Waals surface area contributed by atoms with E-state index in [0.29, 0.717) is 12.3 Å². The van der Waals surface area contributed by atoms with Crippen LogP contribution in [0.15, 0.2) is 24.3 Å². The lowest BCUT2D eigenvalue weighted by molar-refractivity contribution is -0.145. The number of aliphatic carboxylic acids is 1. The van der Waals surface area contributed by atoms with Gasteiger partial charge < -0.3 is 15.2 Å². The summed E-state index contributed by atoms with van der Waals surface area (Å²) in [5, 5.41) is 11.7. The molecule has 1 aromatic carbocycles. The maximum Gasteiger partial charge on any atom is 0.316 e. The van der Waals surface area contributed by atoms with Crippen LogP contribution in [0.2, 0.25) is 0 Å². The highest BCUT2D eigenvalue weighted by Gasteiger charge is 2.42. The number of carbonyl (C=O) groups is 2. The number of benzene rings is 1. The maximum atomic E-state index is 11.5. The Balaban J connectivity index is 2.39. The molecule has 2 rings (SSSR count). The van der Waals surface area contributed by atoms with Crippen LogP contribution in [0, 0.1) is 5.92 Å². The first-order valence-corrected chi connectivity index (χ1v) is 5.28. The van der Waals surface area contributed by atoms with Crippen molar-refractivity contribution in [3.8, 4) is 5.75 Å². The molecule has 1 fully saturated rings. The molecule has 90 valence electrons. The third-order valence-electron chi connectivity index (χ3n) is 2.99. The number of nitrogens with one attached hydrogen (secondary N) is 1. The van der Waals surface area contributed by atoms with Crippen molar-refractivity contribution in [2.45, 2.75) is 5.92 Å². The number of carboxylic acid groups (broad SMARTS) is 1. The lowest BCUT2D eigenvalue weighted by atomic mass is 9.88. The van der Waals surface area contributed by atoms with Crippen molar-refractivity contribution in [3.05, 3.63) is 29.8 Å². The van der Waals surface area contributed by atoms with Crippen LogP contribution >= 0.6 is 0 Å². The van der Waals surface area contributed by atoms with E-state index >= 15 is 0 Å². The summed E-state index contributed by atoms with van der Waals surface area (Å²) >= 11 is 0. The molecule has 0 spiro atoms. The normalized spacial score (nSPS) is 23.2. The van der Waals surface area contributed by atoms with Crippen molar-refractivity contribution in [3.63, 3.8) is 0 Å². The smallest absolute Gasteiger partial charge is 0.316 e. The molecule has 5 heteroatoms. The number of carboxylic acids is 1. The molecule has 1 aliphatic heterocycles. The first-order valence-electron chi connectivity index (χ1n) is 5.28. The molecule has 1 heterocycles. The van der Waals surface area contributed by atoms with Gasteiger partial charge in [0.15, 0.2) is 0 Å². The standard InChI is InChI=1S/C12H13NO4/c1-17-9-5-3-2-4-7(9)8-6-13-11(14)10(8)12(15)16/h2-5,8,10H,6H2,1H3,(H,13,14)(H,15,16)/t8-,10+/m0/s1. The fourth-order valence-electron chi connectivity index (χ4n) is 2.17. The van der Waals surface area contributed by atoms with Gasteiger partial charge in [0, 0.05) is 18.0 Å². The Hall–Kier alpha value is -2.04. The minimum absolute atomic E-state index is 0.330. The summed E-state index contributed by atoms with van der Waals surface area (Å²) in [6, 6.07) is 7.17. The van der Waals surface area contributed by atoms with E-state index in [9.17, 15) is 9.59 Å². The van der Waals surface area contributed by atoms with Gasteiger partial charge in [-0.05, 0) is 6.07 Å². The van der Waals surface area contributed by atoms with Crippen molar-refractivity contribution in [2.75, 3.05) is 13.7 Å². The largest absolute Gasteiger partial charge is 0.496 e. The summed E-state index contributed by atoms with van der Waals surface area (Å²) < 4.78 is 5.19. The van der Waals surface area contributed by atoms with Crippen molar-refractivity contribution in [2.24, 2.45) is 5.92 Å². The van der Waals surface area contributed by atoms with E-state index in [1.165, 1.54) is 7.11 Å². The Morgan fingerprint density at radius 2 is 2.18 bits per heavy atom. The SMILES string of the molecule is COc1ccccc1[C@@H]1CNC(=O)[C@@H]1C(=O)O. The van der Waals surface area contributed by atoms with Crippen LogP contribution in [0.4, 0.5) is 0 Å². The second-order valence-electron chi connectivity index (χ2n) is 3.91. The van der Waals surface area contributed by atoms with Gasteiger partial charge in [0.05, 0.1) is 7.11 Å². The van der Waals surface area contributed by atoms with Crippen LogP contribution in [0.1, 0.15) is 11.5 Å². The molecule has 5 nitrogen and oxygen atoms in total. The van der Waals surface area contributed by atoms with Crippen LogP contribution in [0.3, 0.4) is 0 Å². The molecule has 17 heavy (non-hydrogen) atoms. The number of hydrogen-bond donors (Lipinski definition) is 2. The fourth-order valence-corrected chi connectivity index (χ4v) is 2.17. The average Bonchev–Trinajstić information content (AvgIpc) is 2.71. The molecule has 0 aliphatic carbocycles. The quantitative estimate of drug-likeness (QED) is 0.753. The summed E-state index contributed by atoms with van der Waals surface area (Å²) in [4.78, 5) is 22.6. The molecule has 0 unspecified atom stereocenters. The highest BCUT2D eigenvalue weighted by molar-refractivity contribution is 6.00. The minimum Gasteiger partial charge on any atom is -0.496 e. The average molecular weight is 235 g/mol. The van der Waals surface area contributed by atoms with Gasteiger partial charge in [-0.3, -0.25) is 9.59 Å². The van der Waals surface area contributed by atoms with E-state index in [4.69, 9.17) is 9.84 Å². The van der Waals surface area contributed by atoms with Crippen LogP contribution in [-0.2, 0) is 9.59 Å². The van der Waals surface area contributed by atoms with Gasteiger partial charge in [0.2, 0.25) is 5.91 Å². The van der Waals surface area contributed by atoms with Crippen LogP contribution in [0.5, 0.6) is 5.75 Å². The Labute approximate surface area is 98.4 Å². The summed E-state index contributed by atoms with van der Waals surface area (Å²) in [6.45, 7) is 0.330. The van der Waals surface area contributed by atoms with E-state index in [0.717, 1.165) is 5.56 Å². The van der Waals surface area contributed by atoms with Gasteiger partial charge in [0.1, 0.15) is 11.7 Å². The lowest BCUT2D eigenvalue weighted by Gasteiger charge is -2.16. The van der Waals surface area contributed by atoms with E-state index in [2.05, 4.69) is 5.32 Å². The molecule has 0 aromatic heterocycles. The molecule has 2 atom stereocenters. The number of carbonyl (C=O) groups excluding carboxylic acids is 1. The molecule has 0 bridgehead atoms. The first kappa shape index (κ1) is 11.4. The van der Waals surface area contributed by atoms with Gasteiger partial charge in [-0.25, -0.2) is 0 Å². The maximum absolute atomic E-state index is 11.5. The van der Waals surface area contributed by atoms with E-state index < -0.39 is 17.8 Å². The summed E-state index contributed by atoms with van der Waals surface area (Å²) in [6.07, 6.45) is 0. The summed E-state index contributed by atoms with van der Waals surface area (Å²) in [7, 11) is 1.53. The molecule has 0 saturated carbocycles. The Bertz CT molecular complexity index is 458. The Kier molecular flexibility index (Phi) is 2.99. The number of ether oxygens (including phenoxy) is 1. The molecule has 0 radical (unpaired) electrons. The highest BCUT2D eigenvalue weighted by Crippen LogP contribution is 2.34. The third-order valence-corrected chi connectivity index (χ3v) is 2.99. The lowest BCUT2D eigenvalue weighted by Crippen LogP contribution is -2.26. The number of hydrogen-bond acceptors (Lipinski definition) is 3.